The summed E-state index contributed by atoms with van der Waals surface area (Å²) in [5.74, 6) is 0.474. The fraction of sp³-hybridized carbons (Fsp3) is 0.467. The van der Waals surface area contributed by atoms with Crippen molar-refractivity contribution >= 4 is 0 Å². The van der Waals surface area contributed by atoms with Crippen molar-refractivity contribution in [3.63, 3.8) is 0 Å². The largest absolute Gasteiger partial charge is 0.493 e. The summed E-state index contributed by atoms with van der Waals surface area (Å²) in [7, 11) is 0. The number of hydrogen-bond donors (Lipinski definition) is 1. The smallest absolute Gasteiger partial charge is 0.123 e. The van der Waals surface area contributed by atoms with Gasteiger partial charge >= 0.3 is 0 Å². The van der Waals surface area contributed by atoms with E-state index < -0.39 is 0 Å². The average molecular weight is 251 g/mol. The summed E-state index contributed by atoms with van der Waals surface area (Å²) in [5.41, 5.74) is 7.82. The molecule has 0 bridgehead atoms. The van der Waals surface area contributed by atoms with Crippen LogP contribution in [0.3, 0.4) is 0 Å². The van der Waals surface area contributed by atoms with Crippen molar-refractivity contribution in [1.29, 1.82) is 0 Å². The van der Waals surface area contributed by atoms with Gasteiger partial charge in [0, 0.05) is 12.5 Å². The van der Waals surface area contributed by atoms with Crippen LogP contribution < -0.4 is 10.5 Å². The molecule has 2 nitrogen and oxygen atoms in total. The zero-order valence-electron chi connectivity index (χ0n) is 11.2. The molecule has 3 heteroatoms. The van der Waals surface area contributed by atoms with Crippen molar-refractivity contribution in [3.05, 3.63) is 41.7 Å². The minimum Gasteiger partial charge on any atom is -0.493 e. The first kappa shape index (κ1) is 14.7. The Balaban J connectivity index is 2.72. The molecule has 0 radical (unpaired) electrons. The average Bonchev–Trinajstić information content (AvgIpc) is 2.31. The van der Waals surface area contributed by atoms with Gasteiger partial charge in [-0.3, -0.25) is 0 Å². The molecule has 0 spiro atoms. The summed E-state index contributed by atoms with van der Waals surface area (Å²) in [5, 5.41) is 0. The van der Waals surface area contributed by atoms with E-state index in [1.807, 2.05) is 13.8 Å². The minimum absolute atomic E-state index is 0.0373. The van der Waals surface area contributed by atoms with Crippen LogP contribution in [-0.4, -0.2) is 12.6 Å². The third-order valence-electron chi connectivity index (χ3n) is 2.82. The van der Waals surface area contributed by atoms with E-state index in [0.29, 0.717) is 13.0 Å². The molecule has 0 saturated heterocycles. The molecule has 0 heterocycles. The summed E-state index contributed by atoms with van der Waals surface area (Å²) in [4.78, 5) is 0. The maximum Gasteiger partial charge on any atom is 0.123 e. The fourth-order valence-corrected chi connectivity index (χ4v) is 1.61. The zero-order valence-corrected chi connectivity index (χ0v) is 11.2. The van der Waals surface area contributed by atoms with E-state index in [-0.39, 0.29) is 11.9 Å². The van der Waals surface area contributed by atoms with E-state index in [0.717, 1.165) is 29.7 Å². The van der Waals surface area contributed by atoms with Gasteiger partial charge in [0.05, 0.1) is 6.61 Å². The van der Waals surface area contributed by atoms with Crippen LogP contribution in [0.25, 0.3) is 0 Å². The predicted molar refractivity (Wildman–Crippen MR) is 73.3 cm³/mol. The normalized spacial score (nSPS) is 12.2. The minimum atomic E-state index is -0.249. The van der Waals surface area contributed by atoms with Gasteiger partial charge in [0.1, 0.15) is 11.6 Å². The molecule has 0 aliphatic heterocycles. The molecule has 100 valence electrons. The van der Waals surface area contributed by atoms with Crippen LogP contribution in [0.5, 0.6) is 5.75 Å². The highest BCUT2D eigenvalue weighted by atomic mass is 19.1. The molecule has 0 aromatic heterocycles. The van der Waals surface area contributed by atoms with Crippen molar-refractivity contribution < 1.29 is 9.13 Å². The van der Waals surface area contributed by atoms with Crippen LogP contribution >= 0.6 is 0 Å². The van der Waals surface area contributed by atoms with Crippen LogP contribution in [0.2, 0.25) is 0 Å². The van der Waals surface area contributed by atoms with Gasteiger partial charge in [-0.05, 0) is 43.5 Å². The highest BCUT2D eigenvalue weighted by Crippen LogP contribution is 2.22. The second-order valence-electron chi connectivity index (χ2n) is 4.68. The molecule has 0 aliphatic carbocycles. The van der Waals surface area contributed by atoms with Gasteiger partial charge in [-0.1, -0.05) is 12.5 Å². The quantitative estimate of drug-likeness (QED) is 0.753. The lowest BCUT2D eigenvalue weighted by Crippen LogP contribution is -2.22. The number of benzene rings is 1. The number of halogens is 1. The Morgan fingerprint density at radius 1 is 1.50 bits per heavy atom. The Kier molecular flexibility index (Phi) is 5.86. The molecule has 0 amide bonds. The van der Waals surface area contributed by atoms with E-state index in [4.69, 9.17) is 10.5 Å². The highest BCUT2D eigenvalue weighted by Gasteiger charge is 2.09. The Morgan fingerprint density at radius 3 is 2.83 bits per heavy atom. The molecule has 0 saturated carbocycles. The lowest BCUT2D eigenvalue weighted by molar-refractivity contribution is 0.317. The third kappa shape index (κ3) is 4.88. The first-order valence-electron chi connectivity index (χ1n) is 6.34. The van der Waals surface area contributed by atoms with Crippen LogP contribution in [0, 0.1) is 5.82 Å². The van der Waals surface area contributed by atoms with Crippen LogP contribution in [0.4, 0.5) is 4.39 Å². The SMILES string of the molecule is C=C(C)CCOc1ccc(F)cc1CC(N)CC. The molecule has 0 fully saturated rings. The van der Waals surface area contributed by atoms with Crippen molar-refractivity contribution in [1.82, 2.24) is 0 Å². The van der Waals surface area contributed by atoms with Gasteiger partial charge < -0.3 is 10.5 Å². The summed E-state index contributed by atoms with van der Waals surface area (Å²) < 4.78 is 18.9. The first-order valence-corrected chi connectivity index (χ1v) is 6.34. The number of ether oxygens (including phenoxy) is 1. The number of hydrogen-bond acceptors (Lipinski definition) is 2. The van der Waals surface area contributed by atoms with E-state index >= 15 is 0 Å². The molecule has 1 rings (SSSR count). The molecule has 2 N–H and O–H groups in total. The molecular weight excluding hydrogens is 229 g/mol. The van der Waals surface area contributed by atoms with Gasteiger partial charge in [0.25, 0.3) is 0 Å². The Labute approximate surface area is 109 Å². The fourth-order valence-electron chi connectivity index (χ4n) is 1.61. The third-order valence-corrected chi connectivity index (χ3v) is 2.82. The molecule has 1 atom stereocenters. The summed E-state index contributed by atoms with van der Waals surface area (Å²) in [6, 6.07) is 4.63. The number of nitrogens with two attached hydrogens (primary N) is 1. The second-order valence-corrected chi connectivity index (χ2v) is 4.68. The van der Waals surface area contributed by atoms with Gasteiger partial charge in [-0.15, -0.1) is 6.58 Å². The molecule has 0 aliphatic rings. The lowest BCUT2D eigenvalue weighted by Gasteiger charge is -2.14. The van der Waals surface area contributed by atoms with Crippen LogP contribution in [0.1, 0.15) is 32.3 Å². The van der Waals surface area contributed by atoms with Crippen LogP contribution in [-0.2, 0) is 6.42 Å². The Hall–Kier alpha value is -1.35. The molecule has 1 unspecified atom stereocenters. The van der Waals surface area contributed by atoms with Gasteiger partial charge in [0.15, 0.2) is 0 Å². The molecular formula is C15H22FNO. The topological polar surface area (TPSA) is 35.2 Å². The molecule has 18 heavy (non-hydrogen) atoms. The van der Waals surface area contributed by atoms with E-state index in [1.165, 1.54) is 12.1 Å². The van der Waals surface area contributed by atoms with Crippen LogP contribution in [0.15, 0.2) is 30.4 Å². The van der Waals surface area contributed by atoms with Gasteiger partial charge in [-0.25, -0.2) is 4.39 Å². The van der Waals surface area contributed by atoms with Gasteiger partial charge in [-0.2, -0.15) is 0 Å². The summed E-state index contributed by atoms with van der Waals surface area (Å²) in [6.07, 6.45) is 2.30. The predicted octanol–water partition coefficient (Wildman–Crippen LogP) is 3.45. The number of rotatable bonds is 7. The van der Waals surface area contributed by atoms with Crippen molar-refractivity contribution in [2.75, 3.05) is 6.61 Å². The van der Waals surface area contributed by atoms with E-state index in [2.05, 4.69) is 6.58 Å². The summed E-state index contributed by atoms with van der Waals surface area (Å²) in [6.45, 7) is 8.37. The lowest BCUT2D eigenvalue weighted by atomic mass is 10.0. The van der Waals surface area contributed by atoms with Crippen molar-refractivity contribution in [2.24, 2.45) is 5.73 Å². The maximum absolute atomic E-state index is 13.2. The van der Waals surface area contributed by atoms with E-state index in [1.54, 1.807) is 6.07 Å². The molecule has 1 aromatic rings. The Morgan fingerprint density at radius 2 is 2.22 bits per heavy atom. The Bertz CT molecular complexity index is 403. The van der Waals surface area contributed by atoms with Crippen molar-refractivity contribution in [3.8, 4) is 5.75 Å². The monoisotopic (exact) mass is 251 g/mol. The second kappa shape index (κ2) is 7.17. The maximum atomic E-state index is 13.2. The zero-order chi connectivity index (χ0) is 13.5. The highest BCUT2D eigenvalue weighted by molar-refractivity contribution is 5.34. The van der Waals surface area contributed by atoms with E-state index in [9.17, 15) is 4.39 Å². The standard InChI is InChI=1S/C15H22FNO/c1-4-14(17)10-12-9-13(16)5-6-15(12)18-8-7-11(2)3/h5-6,9,14H,2,4,7-8,10,17H2,1,3H3. The summed E-state index contributed by atoms with van der Waals surface area (Å²) >= 11 is 0. The van der Waals surface area contributed by atoms with Gasteiger partial charge in [0.2, 0.25) is 0 Å². The first-order chi connectivity index (χ1) is 8.52. The molecule has 1 aromatic carbocycles. The van der Waals surface area contributed by atoms with Crippen molar-refractivity contribution in [2.45, 2.75) is 39.2 Å².